The Morgan fingerprint density at radius 2 is 1.33 bits per heavy atom. The molecule has 3 atom stereocenters. The van der Waals surface area contributed by atoms with Crippen LogP contribution in [0.2, 0.25) is 0 Å². The molecule has 3 unspecified atom stereocenters. The Kier molecular flexibility index (Phi) is 17.7. The number of hydrogen-bond acceptors (Lipinski definition) is 4. The highest BCUT2D eigenvalue weighted by Crippen LogP contribution is 2.17. The Morgan fingerprint density at radius 3 is 1.83 bits per heavy atom. The van der Waals surface area contributed by atoms with Crippen molar-refractivity contribution in [2.45, 2.75) is 119 Å². The van der Waals surface area contributed by atoms with Crippen LogP contribution >= 0.6 is 0 Å². The van der Waals surface area contributed by atoms with E-state index >= 15 is 0 Å². The number of amides is 1. The fraction of sp³-hybridized carbons (Fsp3) is 0.677. The number of allylic oxidation sites excluding steroid dienone is 8. The summed E-state index contributed by atoms with van der Waals surface area (Å²) in [6.07, 6.45) is 15.5. The van der Waals surface area contributed by atoms with Crippen LogP contribution in [0.4, 0.5) is 4.79 Å². The van der Waals surface area contributed by atoms with Gasteiger partial charge in [-0.3, -0.25) is 0 Å². The number of ether oxygens (including phenoxy) is 2. The van der Waals surface area contributed by atoms with Crippen LogP contribution in [0.15, 0.2) is 46.6 Å². The first-order chi connectivity index (χ1) is 16.8. The van der Waals surface area contributed by atoms with Gasteiger partial charge in [0.05, 0.1) is 7.11 Å². The summed E-state index contributed by atoms with van der Waals surface area (Å²) in [6, 6.07) is -0.704. The number of rotatable bonds is 16. The highest BCUT2D eigenvalue weighted by Gasteiger charge is 2.26. The molecule has 0 saturated carbocycles. The second kappa shape index (κ2) is 18.9. The van der Waals surface area contributed by atoms with Crippen LogP contribution in [-0.2, 0) is 14.3 Å². The highest BCUT2D eigenvalue weighted by molar-refractivity contribution is 5.81. The van der Waals surface area contributed by atoms with Gasteiger partial charge in [0.25, 0.3) is 0 Å². The van der Waals surface area contributed by atoms with Gasteiger partial charge in [-0.05, 0) is 98.3 Å². The van der Waals surface area contributed by atoms with Gasteiger partial charge in [0, 0.05) is 0 Å². The average molecular weight is 504 g/mol. The number of hydrogen-bond donors (Lipinski definition) is 1. The van der Waals surface area contributed by atoms with E-state index in [0.29, 0.717) is 5.92 Å². The van der Waals surface area contributed by atoms with Crippen LogP contribution in [0, 0.1) is 11.8 Å². The Balaban J connectivity index is 4.31. The van der Waals surface area contributed by atoms with Gasteiger partial charge in [-0.1, -0.05) is 67.4 Å². The summed E-state index contributed by atoms with van der Waals surface area (Å²) in [5.41, 5.74) is 5.67. The molecule has 0 aliphatic heterocycles. The fourth-order valence-electron chi connectivity index (χ4n) is 4.11. The SMILES string of the molecule is COC(=O)C(NC(=O)OC(C)CCC=C(C)CCC=C(C)CCC=C(C)CC(C)C=C(C)C)C(C)C. The Bertz CT molecular complexity index is 784. The standard InChI is InChI=1S/C31H53NO4/c1-22(2)20-27(8)21-26(7)18-12-16-24(5)14-11-15-25(6)17-13-19-28(9)36-31(34)32-29(23(3)4)30(33)35-10/h14,17-18,20,23,27-29H,11-13,15-16,19,21H2,1-10H3,(H,32,34). The lowest BCUT2D eigenvalue weighted by atomic mass is 9.98. The van der Waals surface area contributed by atoms with Gasteiger partial charge in [0.15, 0.2) is 0 Å². The van der Waals surface area contributed by atoms with Crippen molar-refractivity contribution in [2.24, 2.45) is 11.8 Å². The van der Waals surface area contributed by atoms with E-state index in [1.807, 2.05) is 20.8 Å². The zero-order valence-electron chi connectivity index (χ0n) is 24.7. The molecule has 0 aromatic carbocycles. The summed E-state index contributed by atoms with van der Waals surface area (Å²) in [5, 5.41) is 2.61. The number of nitrogens with one attached hydrogen (secondary N) is 1. The second-order valence-electron chi connectivity index (χ2n) is 10.8. The van der Waals surface area contributed by atoms with E-state index < -0.39 is 18.1 Å². The first-order valence-corrected chi connectivity index (χ1v) is 13.5. The van der Waals surface area contributed by atoms with Crippen LogP contribution in [0.3, 0.4) is 0 Å². The third kappa shape index (κ3) is 17.2. The monoisotopic (exact) mass is 503 g/mol. The predicted molar refractivity (Wildman–Crippen MR) is 152 cm³/mol. The molecule has 0 aromatic heterocycles. The lowest BCUT2D eigenvalue weighted by Gasteiger charge is -2.21. The number of carbonyl (C=O) groups is 2. The maximum atomic E-state index is 12.1. The van der Waals surface area contributed by atoms with Crippen LogP contribution in [-0.4, -0.2) is 31.3 Å². The maximum absolute atomic E-state index is 12.1. The van der Waals surface area contributed by atoms with E-state index in [1.54, 1.807) is 0 Å². The van der Waals surface area contributed by atoms with E-state index in [9.17, 15) is 9.59 Å². The topological polar surface area (TPSA) is 64.6 Å². The molecule has 0 rings (SSSR count). The first-order valence-electron chi connectivity index (χ1n) is 13.5. The zero-order chi connectivity index (χ0) is 27.7. The molecule has 0 radical (unpaired) electrons. The average Bonchev–Trinajstić information content (AvgIpc) is 2.75. The maximum Gasteiger partial charge on any atom is 0.408 e. The molecule has 36 heavy (non-hydrogen) atoms. The van der Waals surface area contributed by atoms with Gasteiger partial charge in [0.1, 0.15) is 12.1 Å². The van der Waals surface area contributed by atoms with Crippen molar-refractivity contribution < 1.29 is 19.1 Å². The molecule has 5 heteroatoms. The number of alkyl carbamates (subject to hydrolysis) is 1. The van der Waals surface area contributed by atoms with E-state index in [0.717, 1.165) is 44.9 Å². The number of methoxy groups -OCH3 is 1. The third-order valence-corrected chi connectivity index (χ3v) is 6.09. The molecule has 0 heterocycles. The Morgan fingerprint density at radius 1 is 0.806 bits per heavy atom. The van der Waals surface area contributed by atoms with Crippen LogP contribution in [0.1, 0.15) is 107 Å². The van der Waals surface area contributed by atoms with E-state index in [-0.39, 0.29) is 12.0 Å². The molecule has 1 N–H and O–H groups in total. The highest BCUT2D eigenvalue weighted by atomic mass is 16.6. The van der Waals surface area contributed by atoms with Crippen molar-refractivity contribution in [3.8, 4) is 0 Å². The van der Waals surface area contributed by atoms with Crippen molar-refractivity contribution in [3.63, 3.8) is 0 Å². The molecule has 0 saturated heterocycles. The van der Waals surface area contributed by atoms with Gasteiger partial charge in [-0.2, -0.15) is 0 Å². The molecule has 0 spiro atoms. The lowest BCUT2D eigenvalue weighted by Crippen LogP contribution is -2.45. The third-order valence-electron chi connectivity index (χ3n) is 6.09. The zero-order valence-corrected chi connectivity index (χ0v) is 24.7. The molecular weight excluding hydrogens is 450 g/mol. The molecule has 206 valence electrons. The van der Waals surface area contributed by atoms with Crippen molar-refractivity contribution in [2.75, 3.05) is 7.11 Å². The minimum absolute atomic E-state index is 0.0782. The van der Waals surface area contributed by atoms with Gasteiger partial charge < -0.3 is 14.8 Å². The molecule has 0 aromatic rings. The van der Waals surface area contributed by atoms with Crippen molar-refractivity contribution in [1.29, 1.82) is 0 Å². The largest absolute Gasteiger partial charge is 0.467 e. The van der Waals surface area contributed by atoms with E-state index in [4.69, 9.17) is 9.47 Å². The predicted octanol–water partition coefficient (Wildman–Crippen LogP) is 8.47. The molecular formula is C31H53NO4. The van der Waals surface area contributed by atoms with E-state index in [2.05, 4.69) is 71.2 Å². The summed E-state index contributed by atoms with van der Waals surface area (Å²) in [6.45, 7) is 18.8. The van der Waals surface area contributed by atoms with Crippen LogP contribution < -0.4 is 5.32 Å². The molecule has 0 aliphatic rings. The van der Waals surface area contributed by atoms with Crippen LogP contribution in [0.5, 0.6) is 0 Å². The minimum atomic E-state index is -0.704. The lowest BCUT2D eigenvalue weighted by molar-refractivity contribution is -0.144. The molecule has 0 fully saturated rings. The van der Waals surface area contributed by atoms with E-state index in [1.165, 1.54) is 29.4 Å². The van der Waals surface area contributed by atoms with Crippen molar-refractivity contribution in [1.82, 2.24) is 5.32 Å². The van der Waals surface area contributed by atoms with Gasteiger partial charge in [-0.25, -0.2) is 9.59 Å². The summed E-state index contributed by atoms with van der Waals surface area (Å²) in [7, 11) is 1.31. The Hall–Kier alpha value is -2.30. The summed E-state index contributed by atoms with van der Waals surface area (Å²) in [5.74, 6) is 0.0625. The summed E-state index contributed by atoms with van der Waals surface area (Å²) >= 11 is 0. The van der Waals surface area contributed by atoms with Gasteiger partial charge in [0.2, 0.25) is 0 Å². The number of carbonyl (C=O) groups excluding carboxylic acids is 2. The first kappa shape index (κ1) is 33.7. The van der Waals surface area contributed by atoms with Crippen molar-refractivity contribution in [3.05, 3.63) is 46.6 Å². The summed E-state index contributed by atoms with van der Waals surface area (Å²) < 4.78 is 10.2. The molecule has 0 bridgehead atoms. The number of esters is 1. The second-order valence-corrected chi connectivity index (χ2v) is 10.8. The summed E-state index contributed by atoms with van der Waals surface area (Å²) in [4.78, 5) is 23.9. The normalized spacial score (nSPS) is 15.2. The fourth-order valence-corrected chi connectivity index (χ4v) is 4.11. The quantitative estimate of drug-likeness (QED) is 0.169. The Labute approximate surface area is 221 Å². The molecule has 1 amide bonds. The minimum Gasteiger partial charge on any atom is -0.467 e. The van der Waals surface area contributed by atoms with Gasteiger partial charge >= 0.3 is 12.1 Å². The van der Waals surface area contributed by atoms with Crippen molar-refractivity contribution >= 4 is 12.1 Å². The van der Waals surface area contributed by atoms with Gasteiger partial charge in [-0.15, -0.1) is 0 Å². The molecule has 5 nitrogen and oxygen atoms in total. The smallest absolute Gasteiger partial charge is 0.408 e. The van der Waals surface area contributed by atoms with Crippen LogP contribution in [0.25, 0.3) is 0 Å². The molecule has 0 aliphatic carbocycles.